The predicted octanol–water partition coefficient (Wildman–Crippen LogP) is 3.00. The first-order chi connectivity index (χ1) is 48.0. The number of aliphatic hydroxyl groups is 6. The van der Waals surface area contributed by atoms with Gasteiger partial charge >= 0.3 is 30.5 Å². The molecule has 2 saturated heterocycles. The molecule has 4 aliphatic rings. The van der Waals surface area contributed by atoms with Crippen molar-refractivity contribution in [1.82, 2.24) is 31.9 Å². The first kappa shape index (κ1) is 73.7. The second kappa shape index (κ2) is 37.4. The number of nitrogens with one attached hydrogen (secondary N) is 6. The predicted molar refractivity (Wildman–Crippen MR) is 342 cm³/mol. The summed E-state index contributed by atoms with van der Waals surface area (Å²) in [5.41, 5.74) is 12.5. The maximum Gasteiger partial charge on any atom is 0.408 e. The molecular formula is C67H79N9O23. The van der Waals surface area contributed by atoms with Crippen molar-refractivity contribution < 1.29 is 112 Å². The van der Waals surface area contributed by atoms with Crippen LogP contribution in [0, 0.1) is 0 Å². The van der Waals surface area contributed by atoms with Gasteiger partial charge in [0, 0.05) is 18.0 Å². The quantitative estimate of drug-likeness (QED) is 0.0108. The van der Waals surface area contributed by atoms with Crippen LogP contribution < -0.4 is 31.9 Å². The lowest BCUT2D eigenvalue weighted by Crippen LogP contribution is -2.68. The van der Waals surface area contributed by atoms with Crippen LogP contribution in [-0.2, 0) is 89.9 Å². The molecule has 32 heteroatoms. The van der Waals surface area contributed by atoms with E-state index in [0.717, 1.165) is 0 Å². The minimum Gasteiger partial charge on any atom is -0.445 e. The molecule has 5 aromatic rings. The summed E-state index contributed by atoms with van der Waals surface area (Å²) in [6.45, 7) is -2.96. The molecule has 0 bridgehead atoms. The average Bonchev–Trinajstić information content (AvgIpc) is 1.70. The number of rotatable bonds is 29. The Morgan fingerprint density at radius 3 is 1.47 bits per heavy atom. The second-order valence-corrected chi connectivity index (χ2v) is 23.2. The zero-order valence-electron chi connectivity index (χ0n) is 53.2. The first-order valence-electron chi connectivity index (χ1n) is 31.8. The van der Waals surface area contributed by atoms with Gasteiger partial charge in [-0.3, -0.25) is 4.79 Å². The largest absolute Gasteiger partial charge is 0.445 e. The van der Waals surface area contributed by atoms with Crippen LogP contribution in [0.2, 0.25) is 0 Å². The van der Waals surface area contributed by atoms with Crippen LogP contribution in [0.5, 0.6) is 0 Å². The van der Waals surface area contributed by atoms with Crippen molar-refractivity contribution >= 4 is 36.4 Å². The topological polar surface area (TPSA) is 446 Å². The number of hydrogen-bond donors (Lipinski definition) is 12. The number of amides is 6. The fourth-order valence-corrected chi connectivity index (χ4v) is 11.0. The molecule has 9 rings (SSSR count). The van der Waals surface area contributed by atoms with Crippen molar-refractivity contribution in [3.05, 3.63) is 202 Å². The summed E-state index contributed by atoms with van der Waals surface area (Å²) in [6.07, 6.45) is -27.9. The van der Waals surface area contributed by atoms with Gasteiger partial charge in [0.2, 0.25) is 5.91 Å². The Balaban J connectivity index is 0.999. The first-order valence-corrected chi connectivity index (χ1v) is 31.8. The number of nitrogens with zero attached hydrogens (tertiary/aromatic N) is 3. The zero-order valence-corrected chi connectivity index (χ0v) is 53.2. The highest BCUT2D eigenvalue weighted by Crippen LogP contribution is 2.36. The van der Waals surface area contributed by atoms with Gasteiger partial charge in [0.15, 0.2) is 18.9 Å². The molecule has 0 spiro atoms. The lowest BCUT2D eigenvalue weighted by atomic mass is 9.83. The van der Waals surface area contributed by atoms with E-state index in [1.165, 1.54) is 12.2 Å². The van der Waals surface area contributed by atoms with Gasteiger partial charge in [-0.1, -0.05) is 169 Å². The Hall–Kier alpha value is -9.51. The summed E-state index contributed by atoms with van der Waals surface area (Å²) >= 11 is 0. The van der Waals surface area contributed by atoms with Crippen LogP contribution in [0.1, 0.15) is 40.7 Å². The van der Waals surface area contributed by atoms with Crippen LogP contribution in [0.15, 0.2) is 169 Å². The Morgan fingerprint density at radius 2 is 0.960 bits per heavy atom. The molecule has 12 N–H and O–H groups in total. The summed E-state index contributed by atoms with van der Waals surface area (Å²) in [5.74, 6) is -1.09. The van der Waals surface area contributed by atoms with Gasteiger partial charge in [0.25, 0.3) is 0 Å². The van der Waals surface area contributed by atoms with Crippen LogP contribution in [0.25, 0.3) is 10.4 Å². The van der Waals surface area contributed by atoms with Crippen LogP contribution >= 0.6 is 0 Å². The molecule has 99 heavy (non-hydrogen) atoms. The summed E-state index contributed by atoms with van der Waals surface area (Å²) < 4.78 is 65.4. The molecule has 3 fully saturated rings. The van der Waals surface area contributed by atoms with E-state index in [9.17, 15) is 64.9 Å². The van der Waals surface area contributed by atoms with E-state index in [-0.39, 0.29) is 52.5 Å². The van der Waals surface area contributed by atoms with Crippen molar-refractivity contribution in [2.75, 3.05) is 26.2 Å². The van der Waals surface area contributed by atoms with Crippen molar-refractivity contribution in [3.63, 3.8) is 0 Å². The Labute approximate surface area is 567 Å². The number of ether oxygens (including phenoxy) is 11. The molecule has 6 amide bonds. The molecule has 0 aromatic heterocycles. The van der Waals surface area contributed by atoms with Crippen molar-refractivity contribution in [3.8, 4) is 0 Å². The average molecular weight is 1380 g/mol. The lowest BCUT2D eigenvalue weighted by molar-refractivity contribution is -0.287. The lowest BCUT2D eigenvalue weighted by Gasteiger charge is -2.47. The van der Waals surface area contributed by atoms with E-state index in [1.807, 2.05) is 0 Å². The number of benzene rings is 5. The van der Waals surface area contributed by atoms with E-state index in [0.29, 0.717) is 27.8 Å². The molecule has 1 saturated carbocycles. The van der Waals surface area contributed by atoms with Gasteiger partial charge in [0.05, 0.1) is 31.3 Å². The SMILES string of the molecule is [N-]=[N+]=NC[C@@H]1C=C[C@@H](NC(=O)OCc2ccccc2)[C@@H](O[C@H]2[C@H](O[C@@H]3O[C@H](CO)[C@@H](O[C@H]4O[C@@H](CNC(=O)OCc5ccccc5)[C@@H](O)[C@H](O)[C@H]4NC(=O)OCc4ccccc4)[C@H]3O)[C@@H](O)[C@H](NC(=O)[C@@H](O)CCNC(=O)OCc3ccccc3)C[C@@H]2NC(=O)OCc2ccccc2)O1. The standard InChI is InChI=1S/C67H79N9O23/c68-76-71-31-44-26-27-45(73-65(86)91-36-41-20-10-3-11-21-41)60(94-44)97-56-47(74-66(87)92-37-42-22-12-4-13-23-42)30-46(72-59(83)48(78)28-29-69-63(84)89-34-39-16-6-1-7-17-39)52(79)58(56)99-62-55(82)57(50(33-77)96-62)98-61-51(75-67(88)93-38-43-24-14-5-15-25-43)54(81)53(80)49(95-61)32-70-64(85)90-35-40-18-8-2-9-19-40/h1-27,44-58,60-62,77-82H,28-38H2,(H,69,84)(H,70,85)(H,72,83)(H,73,86)(H,74,87)(H,75,88)/t44-,45+,46+,47-,48-,49-,50+,51+,52-,53+,54+,55+,56+,57+,58+,60+,61+,62-/m0/s1. The Bertz CT molecular complexity index is 3450. The summed E-state index contributed by atoms with van der Waals surface area (Å²) in [7, 11) is 0. The third kappa shape index (κ3) is 22.0. The monoisotopic (exact) mass is 1380 g/mol. The fraction of sp³-hybridized carbons (Fsp3) is 0.433. The highest BCUT2D eigenvalue weighted by atomic mass is 16.8. The molecule has 530 valence electrons. The molecule has 5 aromatic carbocycles. The van der Waals surface area contributed by atoms with Gasteiger partial charge in [-0.05, 0) is 46.2 Å². The van der Waals surface area contributed by atoms with Crippen LogP contribution in [-0.4, -0.2) is 203 Å². The van der Waals surface area contributed by atoms with Crippen LogP contribution in [0.4, 0.5) is 24.0 Å². The minimum absolute atomic E-state index is 0.0703. The molecule has 0 radical (unpaired) electrons. The fourth-order valence-electron chi connectivity index (χ4n) is 11.0. The van der Waals surface area contributed by atoms with Gasteiger partial charge in [0.1, 0.15) is 106 Å². The molecule has 3 aliphatic heterocycles. The molecule has 32 nitrogen and oxygen atoms in total. The van der Waals surface area contributed by atoms with Crippen molar-refractivity contribution in [1.29, 1.82) is 0 Å². The number of aliphatic hydroxyl groups excluding tert-OH is 6. The molecule has 0 unspecified atom stereocenters. The van der Waals surface area contributed by atoms with Crippen molar-refractivity contribution in [2.45, 2.75) is 156 Å². The number of alkyl carbamates (subject to hydrolysis) is 5. The molecule has 1 aliphatic carbocycles. The maximum absolute atomic E-state index is 14.1. The van der Waals surface area contributed by atoms with E-state index in [1.54, 1.807) is 152 Å². The second-order valence-electron chi connectivity index (χ2n) is 23.2. The third-order valence-electron chi connectivity index (χ3n) is 16.2. The van der Waals surface area contributed by atoms with Gasteiger partial charge in [-0.2, -0.15) is 0 Å². The van der Waals surface area contributed by atoms with Gasteiger partial charge in [-0.25, -0.2) is 24.0 Å². The van der Waals surface area contributed by atoms with Gasteiger partial charge in [-0.15, -0.1) is 0 Å². The van der Waals surface area contributed by atoms with Crippen LogP contribution in [0.3, 0.4) is 0 Å². The highest BCUT2D eigenvalue weighted by Gasteiger charge is 2.56. The molecule has 18 atom stereocenters. The summed E-state index contributed by atoms with van der Waals surface area (Å²) in [4.78, 5) is 83.6. The molecular weight excluding hydrogens is 1300 g/mol. The maximum atomic E-state index is 14.1. The Morgan fingerprint density at radius 1 is 0.495 bits per heavy atom. The van der Waals surface area contributed by atoms with E-state index in [4.69, 9.17) is 52.1 Å². The minimum atomic E-state index is -2.08. The number of hydrogen-bond acceptors (Lipinski definition) is 24. The Kier molecular flexibility index (Phi) is 27.9. The normalized spacial score (nSPS) is 27.3. The summed E-state index contributed by atoms with van der Waals surface area (Å²) in [6, 6.07) is 37.3. The number of azide groups is 1. The summed E-state index contributed by atoms with van der Waals surface area (Å²) in [5, 5.41) is 89.6. The third-order valence-corrected chi connectivity index (χ3v) is 16.2. The van der Waals surface area contributed by atoms with Gasteiger partial charge < -0.3 is 115 Å². The van der Waals surface area contributed by atoms with Crippen molar-refractivity contribution in [2.24, 2.45) is 5.11 Å². The smallest absolute Gasteiger partial charge is 0.408 e. The molecule has 3 heterocycles. The highest BCUT2D eigenvalue weighted by molar-refractivity contribution is 5.81. The van der Waals surface area contributed by atoms with E-state index in [2.05, 4.69) is 41.9 Å². The number of carbonyl (C=O) groups excluding carboxylic acids is 6. The zero-order chi connectivity index (χ0) is 70.0. The van der Waals surface area contributed by atoms with E-state index >= 15 is 0 Å². The van der Waals surface area contributed by atoms with E-state index < -0.39 is 166 Å². The number of carbonyl (C=O) groups is 6.